The minimum Gasteiger partial charge on any atom is -0.508 e. The number of hydrogen-bond donors (Lipinski definition) is 3. The number of phenolic OH excluding ortho intramolecular Hbond substituents is 3. The lowest BCUT2D eigenvalue weighted by atomic mass is 9.98. The van der Waals surface area contributed by atoms with E-state index in [1.54, 1.807) is 6.07 Å². The molecule has 162 valence electrons. The van der Waals surface area contributed by atoms with E-state index < -0.39 is 5.43 Å². The summed E-state index contributed by atoms with van der Waals surface area (Å²) in [6, 6.07) is 6.08. The van der Waals surface area contributed by atoms with Gasteiger partial charge >= 0.3 is 0 Å². The van der Waals surface area contributed by atoms with Gasteiger partial charge in [0.1, 0.15) is 34.0 Å². The van der Waals surface area contributed by atoms with Crippen LogP contribution in [0.4, 0.5) is 0 Å². The molecule has 0 fully saturated rings. The highest BCUT2D eigenvalue weighted by Crippen LogP contribution is 2.37. The molecule has 0 aliphatic heterocycles. The third-order valence-corrected chi connectivity index (χ3v) is 5.29. The quantitative estimate of drug-likeness (QED) is 0.447. The van der Waals surface area contributed by atoms with Crippen LogP contribution in [-0.4, -0.2) is 15.3 Å². The van der Waals surface area contributed by atoms with E-state index in [0.717, 1.165) is 22.3 Å². The lowest BCUT2D eigenvalue weighted by molar-refractivity contribution is 0.442. The predicted molar refractivity (Wildman–Crippen MR) is 124 cm³/mol. The molecular weight excluding hydrogens is 392 g/mol. The highest BCUT2D eigenvalue weighted by Gasteiger charge is 2.18. The van der Waals surface area contributed by atoms with Crippen molar-refractivity contribution in [2.75, 3.05) is 0 Å². The van der Waals surface area contributed by atoms with E-state index in [2.05, 4.69) is 6.08 Å². The zero-order valence-corrected chi connectivity index (χ0v) is 18.5. The van der Waals surface area contributed by atoms with Crippen LogP contribution in [0, 0.1) is 6.92 Å². The summed E-state index contributed by atoms with van der Waals surface area (Å²) in [6.45, 7) is 9.68. The Morgan fingerprint density at radius 2 is 1.55 bits per heavy atom. The molecule has 0 aliphatic carbocycles. The number of benzene rings is 2. The minimum absolute atomic E-state index is 0.0276. The van der Waals surface area contributed by atoms with Gasteiger partial charge in [-0.15, -0.1) is 0 Å². The van der Waals surface area contributed by atoms with E-state index in [1.165, 1.54) is 12.1 Å². The average Bonchev–Trinajstić information content (AvgIpc) is 2.67. The number of phenols is 3. The van der Waals surface area contributed by atoms with Crippen LogP contribution in [0.15, 0.2) is 56.8 Å². The molecule has 1 aromatic heterocycles. The van der Waals surface area contributed by atoms with E-state index in [1.807, 2.05) is 46.8 Å². The molecule has 2 aromatic carbocycles. The largest absolute Gasteiger partial charge is 0.508 e. The fourth-order valence-corrected chi connectivity index (χ4v) is 3.41. The van der Waals surface area contributed by atoms with Crippen LogP contribution in [0.5, 0.6) is 17.2 Å². The van der Waals surface area contributed by atoms with E-state index in [4.69, 9.17) is 4.42 Å². The Morgan fingerprint density at radius 1 is 0.903 bits per heavy atom. The molecule has 0 aliphatic rings. The van der Waals surface area contributed by atoms with Crippen molar-refractivity contribution in [2.45, 2.75) is 47.5 Å². The second kappa shape index (κ2) is 8.72. The summed E-state index contributed by atoms with van der Waals surface area (Å²) in [6.07, 6.45) is 4.87. The SMILES string of the molecule is CC(C)=CCc1cc(-c2cc(=O)c3c(O)c(CC=C(C)C)c(O)cc3o2)cc(O)c1C. The summed E-state index contributed by atoms with van der Waals surface area (Å²) in [5.41, 5.74) is 4.38. The number of allylic oxidation sites excluding steroid dienone is 4. The third-order valence-electron chi connectivity index (χ3n) is 5.29. The van der Waals surface area contributed by atoms with Crippen molar-refractivity contribution in [2.24, 2.45) is 0 Å². The molecule has 1 heterocycles. The molecule has 0 unspecified atom stereocenters. The van der Waals surface area contributed by atoms with Crippen LogP contribution in [-0.2, 0) is 12.8 Å². The van der Waals surface area contributed by atoms with Crippen molar-refractivity contribution in [3.63, 3.8) is 0 Å². The molecule has 0 saturated heterocycles. The maximum absolute atomic E-state index is 12.9. The standard InChI is InChI=1S/C26H28O5/c1-14(2)6-8-17-10-18(11-20(27)16(17)5)23-13-22(29)25-24(31-23)12-21(28)19(26(25)30)9-7-15(3)4/h6-7,10-13,27-28,30H,8-9H2,1-5H3. The molecular formula is C26H28O5. The molecule has 3 rings (SSSR count). The summed E-state index contributed by atoms with van der Waals surface area (Å²) >= 11 is 0. The first-order valence-electron chi connectivity index (χ1n) is 10.2. The second-order valence-electron chi connectivity index (χ2n) is 8.32. The summed E-state index contributed by atoms with van der Waals surface area (Å²) < 4.78 is 5.88. The lowest BCUT2D eigenvalue weighted by Gasteiger charge is -2.12. The van der Waals surface area contributed by atoms with Gasteiger partial charge in [-0.25, -0.2) is 0 Å². The van der Waals surface area contributed by atoms with E-state index >= 15 is 0 Å². The molecule has 0 saturated carbocycles. The molecule has 31 heavy (non-hydrogen) atoms. The summed E-state index contributed by atoms with van der Waals surface area (Å²) in [7, 11) is 0. The van der Waals surface area contributed by atoms with Gasteiger partial charge in [-0.2, -0.15) is 0 Å². The number of aromatic hydroxyl groups is 3. The van der Waals surface area contributed by atoms with Gasteiger partial charge in [0.2, 0.25) is 0 Å². The maximum Gasteiger partial charge on any atom is 0.197 e. The van der Waals surface area contributed by atoms with Gasteiger partial charge in [-0.1, -0.05) is 23.3 Å². The first-order valence-corrected chi connectivity index (χ1v) is 10.2. The summed E-state index contributed by atoms with van der Waals surface area (Å²) in [4.78, 5) is 12.9. The molecule has 3 N–H and O–H groups in total. The Kier molecular flexibility index (Phi) is 6.25. The molecule has 0 spiro atoms. The van der Waals surface area contributed by atoms with Crippen LogP contribution < -0.4 is 5.43 Å². The van der Waals surface area contributed by atoms with Crippen molar-refractivity contribution >= 4 is 11.0 Å². The predicted octanol–water partition coefficient (Wildman–Crippen LogP) is 5.90. The van der Waals surface area contributed by atoms with E-state index in [0.29, 0.717) is 18.4 Å². The van der Waals surface area contributed by atoms with Crippen molar-refractivity contribution in [1.29, 1.82) is 0 Å². The first kappa shape index (κ1) is 22.2. The van der Waals surface area contributed by atoms with Gasteiger partial charge in [-0.05, 0) is 70.7 Å². The molecule has 0 amide bonds. The fourth-order valence-electron chi connectivity index (χ4n) is 3.41. The van der Waals surface area contributed by atoms with Crippen LogP contribution in [0.1, 0.15) is 44.4 Å². The normalized spacial score (nSPS) is 10.9. The van der Waals surface area contributed by atoms with Crippen molar-refractivity contribution in [1.82, 2.24) is 0 Å². The number of hydrogen-bond acceptors (Lipinski definition) is 5. The highest BCUT2D eigenvalue weighted by atomic mass is 16.3. The lowest BCUT2D eigenvalue weighted by Crippen LogP contribution is -2.03. The fraction of sp³-hybridized carbons (Fsp3) is 0.269. The van der Waals surface area contributed by atoms with Crippen molar-refractivity contribution in [3.8, 4) is 28.6 Å². The Hall–Kier alpha value is -3.47. The van der Waals surface area contributed by atoms with E-state index in [9.17, 15) is 20.1 Å². The highest BCUT2D eigenvalue weighted by molar-refractivity contribution is 5.88. The van der Waals surface area contributed by atoms with Crippen molar-refractivity contribution < 1.29 is 19.7 Å². The maximum atomic E-state index is 12.9. The molecule has 0 bridgehead atoms. The number of rotatable bonds is 5. The second-order valence-corrected chi connectivity index (χ2v) is 8.32. The van der Waals surface area contributed by atoms with Gasteiger partial charge in [0.25, 0.3) is 0 Å². The Labute approximate surface area is 181 Å². The zero-order valence-electron chi connectivity index (χ0n) is 18.5. The van der Waals surface area contributed by atoms with Crippen LogP contribution in [0.25, 0.3) is 22.3 Å². The van der Waals surface area contributed by atoms with Gasteiger partial charge in [0.15, 0.2) is 5.43 Å². The minimum atomic E-state index is -0.418. The topological polar surface area (TPSA) is 90.9 Å². The Morgan fingerprint density at radius 3 is 2.19 bits per heavy atom. The van der Waals surface area contributed by atoms with Gasteiger partial charge < -0.3 is 19.7 Å². The monoisotopic (exact) mass is 420 g/mol. The molecule has 0 atom stereocenters. The third kappa shape index (κ3) is 4.66. The van der Waals surface area contributed by atoms with E-state index in [-0.39, 0.29) is 39.5 Å². The number of fused-ring (bicyclic) bond motifs is 1. The van der Waals surface area contributed by atoms with Crippen LogP contribution in [0.3, 0.4) is 0 Å². The Balaban J connectivity index is 2.17. The van der Waals surface area contributed by atoms with Crippen LogP contribution >= 0.6 is 0 Å². The zero-order chi connectivity index (χ0) is 22.9. The van der Waals surface area contributed by atoms with Gasteiger partial charge in [0, 0.05) is 23.3 Å². The van der Waals surface area contributed by atoms with Crippen LogP contribution in [0.2, 0.25) is 0 Å². The summed E-state index contributed by atoms with van der Waals surface area (Å²) in [5.74, 6) is -0.0510. The van der Waals surface area contributed by atoms with Gasteiger partial charge in [0.05, 0.1) is 0 Å². The summed E-state index contributed by atoms with van der Waals surface area (Å²) in [5, 5.41) is 31.5. The Bertz CT molecular complexity index is 1270. The van der Waals surface area contributed by atoms with Gasteiger partial charge in [-0.3, -0.25) is 4.79 Å². The molecule has 3 aromatic rings. The molecule has 5 heteroatoms. The van der Waals surface area contributed by atoms with Crippen molar-refractivity contribution in [3.05, 3.63) is 74.5 Å². The molecule has 5 nitrogen and oxygen atoms in total. The average molecular weight is 421 g/mol. The first-order chi connectivity index (χ1) is 14.6. The smallest absolute Gasteiger partial charge is 0.197 e. The molecule has 0 radical (unpaired) electrons.